The second-order valence-corrected chi connectivity index (χ2v) is 9.40. The number of nitrogens with zero attached hydrogens (tertiary/aromatic N) is 4. The van der Waals surface area contributed by atoms with Crippen molar-refractivity contribution in [1.82, 2.24) is 20.3 Å². The minimum absolute atomic E-state index is 0.0577. The fourth-order valence-electron chi connectivity index (χ4n) is 4.27. The number of benzene rings is 1. The molecular weight excluding hydrogens is 526 g/mol. The standard InChI is InChI=1S/C29H23F4N5O2/c1-16-9-22(30)27(36-14-16)20-10-19(24-13-25(40-38-24)23-5-3-4-8-34-23)11-21(12-20)28(39)37-17(2)18-6-7-26(35-15-18)29(31,32)33/h3-12,14-15,17,25H,13H2,1-2H3,(H,37,39)/t17-,25?/m1/s1. The molecule has 2 atom stereocenters. The molecule has 1 aliphatic heterocycles. The molecule has 0 radical (unpaired) electrons. The minimum Gasteiger partial charge on any atom is -0.385 e. The molecule has 1 unspecified atom stereocenters. The molecule has 3 aromatic heterocycles. The van der Waals surface area contributed by atoms with Crippen LogP contribution in [-0.2, 0) is 11.0 Å². The van der Waals surface area contributed by atoms with Crippen molar-refractivity contribution in [3.63, 3.8) is 0 Å². The third-order valence-corrected chi connectivity index (χ3v) is 6.39. The Bertz CT molecular complexity index is 1570. The average Bonchev–Trinajstić information content (AvgIpc) is 3.43. The summed E-state index contributed by atoms with van der Waals surface area (Å²) in [4.78, 5) is 30.9. The van der Waals surface area contributed by atoms with Gasteiger partial charge in [0.05, 0.1) is 17.4 Å². The van der Waals surface area contributed by atoms with E-state index in [4.69, 9.17) is 4.84 Å². The summed E-state index contributed by atoms with van der Waals surface area (Å²) in [5.74, 6) is -1.08. The van der Waals surface area contributed by atoms with Crippen molar-refractivity contribution >= 4 is 11.6 Å². The summed E-state index contributed by atoms with van der Waals surface area (Å²) in [7, 11) is 0. The highest BCUT2D eigenvalue weighted by Gasteiger charge is 2.32. The summed E-state index contributed by atoms with van der Waals surface area (Å²) in [6, 6.07) is 13.0. The van der Waals surface area contributed by atoms with Crippen molar-refractivity contribution in [3.05, 3.63) is 113 Å². The SMILES string of the molecule is Cc1cnc(-c2cc(C(=O)N[C@H](C)c3ccc(C(F)(F)F)nc3)cc(C3=NOC(c4ccccn4)C3)c2)c(F)c1. The van der Waals surface area contributed by atoms with Gasteiger partial charge in [-0.2, -0.15) is 13.2 Å². The topological polar surface area (TPSA) is 89.4 Å². The lowest BCUT2D eigenvalue weighted by atomic mass is 9.96. The molecule has 4 aromatic rings. The monoisotopic (exact) mass is 549 g/mol. The van der Waals surface area contributed by atoms with Crippen LogP contribution in [0.25, 0.3) is 11.3 Å². The molecule has 40 heavy (non-hydrogen) atoms. The summed E-state index contributed by atoms with van der Waals surface area (Å²) in [6.07, 6.45) is -0.360. The van der Waals surface area contributed by atoms with Crippen LogP contribution in [-0.4, -0.2) is 26.6 Å². The van der Waals surface area contributed by atoms with E-state index in [9.17, 15) is 22.4 Å². The fraction of sp³-hybridized carbons (Fsp3) is 0.207. The smallest absolute Gasteiger partial charge is 0.385 e. The van der Waals surface area contributed by atoms with E-state index in [1.807, 2.05) is 12.1 Å². The van der Waals surface area contributed by atoms with Gasteiger partial charge in [0.2, 0.25) is 0 Å². The third kappa shape index (κ3) is 5.83. The van der Waals surface area contributed by atoms with Crippen molar-refractivity contribution in [2.45, 2.75) is 38.6 Å². The van der Waals surface area contributed by atoms with Crippen LogP contribution < -0.4 is 5.32 Å². The van der Waals surface area contributed by atoms with Crippen LogP contribution in [0.4, 0.5) is 17.6 Å². The van der Waals surface area contributed by atoms with Gasteiger partial charge in [0.1, 0.15) is 17.2 Å². The van der Waals surface area contributed by atoms with E-state index < -0.39 is 35.7 Å². The molecule has 11 heteroatoms. The Kier molecular flexibility index (Phi) is 7.29. The quantitative estimate of drug-likeness (QED) is 0.283. The normalized spacial score (nSPS) is 15.8. The van der Waals surface area contributed by atoms with Crippen LogP contribution in [0, 0.1) is 12.7 Å². The van der Waals surface area contributed by atoms with E-state index in [2.05, 4.69) is 25.4 Å². The van der Waals surface area contributed by atoms with Crippen LogP contribution in [0.3, 0.4) is 0 Å². The first-order valence-corrected chi connectivity index (χ1v) is 12.3. The highest BCUT2D eigenvalue weighted by molar-refractivity contribution is 6.05. The molecule has 7 nitrogen and oxygen atoms in total. The van der Waals surface area contributed by atoms with E-state index in [1.165, 1.54) is 24.4 Å². The number of carbonyl (C=O) groups excluding carboxylic acids is 1. The fourth-order valence-corrected chi connectivity index (χ4v) is 4.27. The van der Waals surface area contributed by atoms with Gasteiger partial charge in [-0.3, -0.25) is 19.7 Å². The molecule has 204 valence electrons. The largest absolute Gasteiger partial charge is 0.433 e. The maximum atomic E-state index is 14.9. The predicted octanol–water partition coefficient (Wildman–Crippen LogP) is 6.36. The second-order valence-electron chi connectivity index (χ2n) is 9.40. The van der Waals surface area contributed by atoms with Crippen LogP contribution in [0.1, 0.15) is 63.9 Å². The highest BCUT2D eigenvalue weighted by Crippen LogP contribution is 2.32. The van der Waals surface area contributed by atoms with Crippen LogP contribution in [0.15, 0.2) is 78.3 Å². The lowest BCUT2D eigenvalue weighted by Gasteiger charge is -2.16. The van der Waals surface area contributed by atoms with Gasteiger partial charge in [-0.15, -0.1) is 0 Å². The molecule has 0 saturated heterocycles. The molecule has 0 aliphatic carbocycles. The Morgan fingerprint density at radius 2 is 1.82 bits per heavy atom. The van der Waals surface area contributed by atoms with Crippen molar-refractivity contribution in [2.24, 2.45) is 5.16 Å². The van der Waals surface area contributed by atoms with Crippen molar-refractivity contribution in [2.75, 3.05) is 0 Å². The molecule has 1 aliphatic rings. The number of alkyl halides is 3. The van der Waals surface area contributed by atoms with E-state index in [1.54, 1.807) is 38.2 Å². The number of aromatic nitrogens is 3. The van der Waals surface area contributed by atoms with E-state index in [0.717, 1.165) is 12.3 Å². The molecule has 0 fully saturated rings. The van der Waals surface area contributed by atoms with Gasteiger partial charge < -0.3 is 10.2 Å². The Labute approximate surface area is 227 Å². The summed E-state index contributed by atoms with van der Waals surface area (Å²) in [5, 5.41) is 6.97. The second kappa shape index (κ2) is 10.8. The Morgan fingerprint density at radius 3 is 2.50 bits per heavy atom. The summed E-state index contributed by atoms with van der Waals surface area (Å²) in [5.41, 5.74) is 2.37. The van der Waals surface area contributed by atoms with Crippen molar-refractivity contribution in [1.29, 1.82) is 0 Å². The van der Waals surface area contributed by atoms with Gasteiger partial charge in [-0.05, 0) is 67.4 Å². The first-order valence-electron chi connectivity index (χ1n) is 12.3. The van der Waals surface area contributed by atoms with Gasteiger partial charge >= 0.3 is 6.18 Å². The summed E-state index contributed by atoms with van der Waals surface area (Å²) >= 11 is 0. The Balaban J connectivity index is 1.45. The predicted molar refractivity (Wildman–Crippen MR) is 139 cm³/mol. The third-order valence-electron chi connectivity index (χ3n) is 6.39. The minimum atomic E-state index is -4.57. The number of pyridine rings is 3. The van der Waals surface area contributed by atoms with Gasteiger partial charge in [0.15, 0.2) is 6.10 Å². The molecule has 5 rings (SSSR count). The summed E-state index contributed by atoms with van der Waals surface area (Å²) < 4.78 is 53.5. The van der Waals surface area contributed by atoms with Crippen LogP contribution >= 0.6 is 0 Å². The van der Waals surface area contributed by atoms with E-state index in [0.29, 0.717) is 40.1 Å². The average molecular weight is 550 g/mol. The maximum absolute atomic E-state index is 14.9. The maximum Gasteiger partial charge on any atom is 0.433 e. The molecule has 4 heterocycles. The van der Waals surface area contributed by atoms with E-state index >= 15 is 0 Å². The highest BCUT2D eigenvalue weighted by atomic mass is 19.4. The van der Waals surface area contributed by atoms with Crippen LogP contribution in [0.5, 0.6) is 0 Å². The molecular formula is C29H23F4N5O2. The first kappa shape index (κ1) is 26.9. The zero-order chi connectivity index (χ0) is 28.4. The molecule has 0 bridgehead atoms. The molecule has 0 spiro atoms. The number of nitrogens with one attached hydrogen (secondary N) is 1. The number of halogens is 4. The number of rotatable bonds is 6. The van der Waals surface area contributed by atoms with Gasteiger partial charge in [-0.1, -0.05) is 17.3 Å². The zero-order valence-corrected chi connectivity index (χ0v) is 21.4. The molecule has 1 N–H and O–H groups in total. The van der Waals surface area contributed by atoms with Gasteiger partial charge in [0.25, 0.3) is 5.91 Å². The van der Waals surface area contributed by atoms with E-state index in [-0.39, 0.29) is 11.3 Å². The Hall–Kier alpha value is -4.67. The molecule has 1 amide bonds. The Morgan fingerprint density at radius 1 is 1.02 bits per heavy atom. The zero-order valence-electron chi connectivity index (χ0n) is 21.4. The van der Waals surface area contributed by atoms with Gasteiger partial charge in [-0.25, -0.2) is 4.39 Å². The number of oxime groups is 1. The lowest BCUT2D eigenvalue weighted by molar-refractivity contribution is -0.141. The number of amides is 1. The first-order chi connectivity index (χ1) is 19.1. The number of aryl methyl sites for hydroxylation is 1. The number of carbonyl (C=O) groups is 1. The summed E-state index contributed by atoms with van der Waals surface area (Å²) in [6.45, 7) is 3.34. The molecule has 0 saturated carbocycles. The van der Waals surface area contributed by atoms with Crippen molar-refractivity contribution in [3.8, 4) is 11.3 Å². The molecule has 1 aromatic carbocycles. The van der Waals surface area contributed by atoms with Crippen molar-refractivity contribution < 1.29 is 27.2 Å². The number of hydrogen-bond donors (Lipinski definition) is 1. The lowest BCUT2D eigenvalue weighted by Crippen LogP contribution is -2.27. The van der Waals surface area contributed by atoms with Crippen LogP contribution in [0.2, 0.25) is 0 Å². The van der Waals surface area contributed by atoms with Gasteiger partial charge in [0, 0.05) is 41.7 Å². The number of hydrogen-bond acceptors (Lipinski definition) is 6.